The Labute approximate surface area is 97.6 Å². The Morgan fingerprint density at radius 1 is 1.25 bits per heavy atom. The van der Waals surface area contributed by atoms with E-state index < -0.39 is 0 Å². The largest absolute Gasteiger partial charge is 0.237 e. The molecule has 0 amide bonds. The molecule has 1 heterocycles. The van der Waals surface area contributed by atoms with Crippen LogP contribution in [0.5, 0.6) is 0 Å². The first kappa shape index (κ1) is 12.4. The lowest BCUT2D eigenvalue weighted by atomic mass is 9.93. The van der Waals surface area contributed by atoms with Crippen LogP contribution in [0.25, 0.3) is 0 Å². The fraction of sp³-hybridized carbons (Fsp3) is 0.385. The smallest absolute Gasteiger partial charge is 0.152 e. The molecule has 0 saturated heterocycles. The Morgan fingerprint density at radius 3 is 2.62 bits per heavy atom. The SMILES string of the molecule is C/C=C\N=C1C=CC(C)(C)C=CN1/N=C/C. The van der Waals surface area contributed by atoms with Gasteiger partial charge in [-0.2, -0.15) is 5.10 Å². The normalized spacial score (nSPS) is 22.5. The minimum Gasteiger partial charge on any atom is -0.237 e. The number of amidine groups is 1. The summed E-state index contributed by atoms with van der Waals surface area (Å²) in [5, 5.41) is 6.02. The van der Waals surface area contributed by atoms with Gasteiger partial charge in [0, 0.05) is 24.0 Å². The molecule has 0 unspecified atom stereocenters. The maximum absolute atomic E-state index is 4.34. The van der Waals surface area contributed by atoms with Crippen molar-refractivity contribution in [1.82, 2.24) is 5.01 Å². The molecule has 1 aliphatic heterocycles. The van der Waals surface area contributed by atoms with Gasteiger partial charge in [-0.15, -0.1) is 0 Å². The lowest BCUT2D eigenvalue weighted by molar-refractivity contribution is 0.581. The highest BCUT2D eigenvalue weighted by Gasteiger charge is 2.15. The molecule has 0 bridgehead atoms. The quantitative estimate of drug-likeness (QED) is 0.652. The zero-order valence-electron chi connectivity index (χ0n) is 10.4. The van der Waals surface area contributed by atoms with Crippen LogP contribution in [-0.4, -0.2) is 17.1 Å². The number of allylic oxidation sites excluding steroid dienone is 3. The third-order valence-corrected chi connectivity index (χ3v) is 2.14. The molecule has 3 heteroatoms. The Bertz CT molecular complexity index is 371. The van der Waals surface area contributed by atoms with Crippen LogP contribution < -0.4 is 0 Å². The molecule has 0 aliphatic carbocycles. The van der Waals surface area contributed by atoms with Gasteiger partial charge in [0.2, 0.25) is 0 Å². The third kappa shape index (κ3) is 3.50. The van der Waals surface area contributed by atoms with Crippen molar-refractivity contribution in [3.05, 3.63) is 36.7 Å². The molecule has 16 heavy (non-hydrogen) atoms. The average Bonchev–Trinajstić information content (AvgIpc) is 2.37. The van der Waals surface area contributed by atoms with Gasteiger partial charge in [-0.3, -0.25) is 0 Å². The van der Waals surface area contributed by atoms with E-state index in [0.29, 0.717) is 0 Å². The summed E-state index contributed by atoms with van der Waals surface area (Å²) >= 11 is 0. The molecule has 0 fully saturated rings. The summed E-state index contributed by atoms with van der Waals surface area (Å²) in [5.41, 5.74) is 0.0364. The molecule has 86 valence electrons. The van der Waals surface area contributed by atoms with Crippen molar-refractivity contribution in [3.63, 3.8) is 0 Å². The molecule has 3 nitrogen and oxygen atoms in total. The predicted molar refractivity (Wildman–Crippen MR) is 70.3 cm³/mol. The van der Waals surface area contributed by atoms with Crippen molar-refractivity contribution in [1.29, 1.82) is 0 Å². The molecule has 1 rings (SSSR count). The first-order chi connectivity index (χ1) is 7.59. The fourth-order valence-electron chi connectivity index (χ4n) is 1.24. The lowest BCUT2D eigenvalue weighted by Gasteiger charge is -2.12. The van der Waals surface area contributed by atoms with Crippen LogP contribution >= 0.6 is 0 Å². The number of hydrazone groups is 1. The number of aliphatic imine (C=N–C) groups is 1. The molecule has 0 N–H and O–H groups in total. The summed E-state index contributed by atoms with van der Waals surface area (Å²) in [4.78, 5) is 4.34. The zero-order valence-corrected chi connectivity index (χ0v) is 10.4. The van der Waals surface area contributed by atoms with E-state index in [-0.39, 0.29) is 5.41 Å². The minimum atomic E-state index is 0.0364. The van der Waals surface area contributed by atoms with Crippen molar-refractivity contribution in [3.8, 4) is 0 Å². The predicted octanol–water partition coefficient (Wildman–Crippen LogP) is 3.34. The van der Waals surface area contributed by atoms with Gasteiger partial charge in [-0.05, 0) is 19.9 Å². The van der Waals surface area contributed by atoms with Gasteiger partial charge in [0.05, 0.1) is 0 Å². The summed E-state index contributed by atoms with van der Waals surface area (Å²) in [5.74, 6) is 0.818. The molecule has 0 aromatic rings. The van der Waals surface area contributed by atoms with Crippen LogP contribution in [0.1, 0.15) is 27.7 Å². The second kappa shape index (κ2) is 5.45. The van der Waals surface area contributed by atoms with Crippen LogP contribution in [-0.2, 0) is 0 Å². The van der Waals surface area contributed by atoms with E-state index in [1.54, 1.807) is 17.4 Å². The van der Waals surface area contributed by atoms with Gasteiger partial charge in [0.15, 0.2) is 5.84 Å². The van der Waals surface area contributed by atoms with E-state index >= 15 is 0 Å². The highest BCUT2D eigenvalue weighted by molar-refractivity contribution is 5.94. The van der Waals surface area contributed by atoms with Crippen molar-refractivity contribution >= 4 is 12.1 Å². The number of rotatable bonds is 2. The summed E-state index contributed by atoms with van der Waals surface area (Å²) < 4.78 is 0. The molecule has 0 spiro atoms. The molecular formula is C13H19N3. The standard InChI is InChI=1S/C13H19N3/c1-5-10-14-12-7-8-13(3,4)9-11-16(12)15-6-2/h5-11H,1-4H3/b10-5-,14-12?,15-6+. The van der Waals surface area contributed by atoms with Gasteiger partial charge < -0.3 is 0 Å². The maximum atomic E-state index is 4.34. The Balaban J connectivity index is 3.08. The maximum Gasteiger partial charge on any atom is 0.152 e. The summed E-state index contributed by atoms with van der Waals surface area (Å²) in [6.07, 6.45) is 13.6. The van der Waals surface area contributed by atoms with E-state index in [4.69, 9.17) is 0 Å². The van der Waals surface area contributed by atoms with Gasteiger partial charge in [-0.1, -0.05) is 32.1 Å². The summed E-state index contributed by atoms with van der Waals surface area (Å²) in [7, 11) is 0. The minimum absolute atomic E-state index is 0.0364. The first-order valence-corrected chi connectivity index (χ1v) is 5.44. The van der Waals surface area contributed by atoms with Crippen LogP contribution in [0.4, 0.5) is 0 Å². The molecule has 0 aromatic carbocycles. The van der Waals surface area contributed by atoms with Gasteiger partial charge >= 0.3 is 0 Å². The van der Waals surface area contributed by atoms with Crippen LogP contribution in [0.2, 0.25) is 0 Å². The Morgan fingerprint density at radius 2 is 2.00 bits per heavy atom. The second-order valence-corrected chi connectivity index (χ2v) is 4.16. The topological polar surface area (TPSA) is 28.0 Å². The van der Waals surface area contributed by atoms with Crippen LogP contribution in [0.3, 0.4) is 0 Å². The molecule has 1 aliphatic rings. The highest BCUT2D eigenvalue weighted by Crippen LogP contribution is 2.22. The van der Waals surface area contributed by atoms with Crippen LogP contribution in [0.15, 0.2) is 46.8 Å². The van der Waals surface area contributed by atoms with Crippen molar-refractivity contribution in [2.24, 2.45) is 15.5 Å². The molecular weight excluding hydrogens is 198 g/mol. The van der Waals surface area contributed by atoms with E-state index in [1.165, 1.54) is 0 Å². The van der Waals surface area contributed by atoms with Crippen molar-refractivity contribution in [2.75, 3.05) is 0 Å². The zero-order chi connectivity index (χ0) is 12.0. The van der Waals surface area contributed by atoms with E-state index in [1.807, 2.05) is 32.2 Å². The monoisotopic (exact) mass is 217 g/mol. The average molecular weight is 217 g/mol. The number of hydrogen-bond donors (Lipinski definition) is 0. The lowest BCUT2D eigenvalue weighted by Crippen LogP contribution is -2.17. The molecule has 0 atom stereocenters. The Kier molecular flexibility index (Phi) is 4.23. The van der Waals surface area contributed by atoms with E-state index in [9.17, 15) is 0 Å². The molecule has 0 radical (unpaired) electrons. The fourth-order valence-corrected chi connectivity index (χ4v) is 1.24. The molecule has 0 aromatic heterocycles. The van der Waals surface area contributed by atoms with E-state index in [0.717, 1.165) is 5.84 Å². The summed E-state index contributed by atoms with van der Waals surface area (Å²) in [6, 6.07) is 0. The highest BCUT2D eigenvalue weighted by atomic mass is 15.5. The van der Waals surface area contributed by atoms with E-state index in [2.05, 4.69) is 36.1 Å². The molecule has 0 saturated carbocycles. The first-order valence-electron chi connectivity index (χ1n) is 5.44. The van der Waals surface area contributed by atoms with Gasteiger partial charge in [0.1, 0.15) is 0 Å². The number of hydrogen-bond acceptors (Lipinski definition) is 2. The van der Waals surface area contributed by atoms with Gasteiger partial charge in [-0.25, -0.2) is 10.0 Å². The van der Waals surface area contributed by atoms with Gasteiger partial charge in [0.25, 0.3) is 0 Å². The van der Waals surface area contributed by atoms with Crippen molar-refractivity contribution in [2.45, 2.75) is 27.7 Å². The van der Waals surface area contributed by atoms with Crippen molar-refractivity contribution < 1.29 is 0 Å². The third-order valence-electron chi connectivity index (χ3n) is 2.14. The Hall–Kier alpha value is -1.64. The van der Waals surface area contributed by atoms with Crippen LogP contribution in [0, 0.1) is 5.41 Å². The number of nitrogens with zero attached hydrogens (tertiary/aromatic N) is 3. The second-order valence-electron chi connectivity index (χ2n) is 4.16. The summed E-state index contributed by atoms with van der Waals surface area (Å²) in [6.45, 7) is 8.12.